The molecule has 0 radical (unpaired) electrons. The fourth-order valence-corrected chi connectivity index (χ4v) is 2.46. The van der Waals surface area contributed by atoms with E-state index in [1.165, 1.54) is 57.8 Å². The van der Waals surface area contributed by atoms with Gasteiger partial charge in [0.2, 0.25) is 0 Å². The van der Waals surface area contributed by atoms with Gasteiger partial charge >= 0.3 is 0 Å². The monoisotopic (exact) mass is 241 g/mol. The van der Waals surface area contributed by atoms with Crippen molar-refractivity contribution in [3.8, 4) is 0 Å². The average Bonchev–Trinajstić information content (AvgIpc) is 2.32. The predicted molar refractivity (Wildman–Crippen MR) is 79.3 cm³/mol. The van der Waals surface area contributed by atoms with Crippen LogP contribution in [0.5, 0.6) is 0 Å². The van der Waals surface area contributed by atoms with Crippen LogP contribution in [-0.2, 0) is 0 Å². The molecule has 0 saturated heterocycles. The van der Waals surface area contributed by atoms with Crippen molar-refractivity contribution in [2.45, 2.75) is 97.4 Å². The smallest absolute Gasteiger partial charge is 0.0174 e. The zero-order chi connectivity index (χ0) is 13.1. The number of hydrogen-bond acceptors (Lipinski definition) is 1. The van der Waals surface area contributed by atoms with Gasteiger partial charge in [0.05, 0.1) is 0 Å². The standard InChI is InChI=1S/C16H35N/c1-5-7-8-9-10-11-12-13-14-16(17,6-2)15(3)4/h15H,5-14,17H2,1-4H3. The van der Waals surface area contributed by atoms with Crippen molar-refractivity contribution in [3.05, 3.63) is 0 Å². The molecule has 0 fully saturated rings. The molecule has 0 aliphatic heterocycles. The van der Waals surface area contributed by atoms with Crippen LogP contribution in [0.2, 0.25) is 0 Å². The summed E-state index contributed by atoms with van der Waals surface area (Å²) in [6.45, 7) is 9.02. The van der Waals surface area contributed by atoms with Crippen molar-refractivity contribution >= 4 is 0 Å². The van der Waals surface area contributed by atoms with E-state index in [0.29, 0.717) is 5.92 Å². The first kappa shape index (κ1) is 17.0. The molecule has 1 heteroatoms. The molecule has 104 valence electrons. The molecule has 0 aliphatic carbocycles. The lowest BCUT2D eigenvalue weighted by molar-refractivity contribution is 0.268. The van der Waals surface area contributed by atoms with Crippen LogP contribution in [0.1, 0.15) is 91.9 Å². The number of rotatable bonds is 11. The summed E-state index contributed by atoms with van der Waals surface area (Å²) in [5.41, 5.74) is 6.51. The van der Waals surface area contributed by atoms with E-state index < -0.39 is 0 Å². The summed E-state index contributed by atoms with van der Waals surface area (Å²) in [6.07, 6.45) is 13.5. The minimum absolute atomic E-state index is 0.0855. The van der Waals surface area contributed by atoms with E-state index >= 15 is 0 Å². The number of hydrogen-bond donors (Lipinski definition) is 1. The molecule has 0 bridgehead atoms. The van der Waals surface area contributed by atoms with Crippen LogP contribution in [0.25, 0.3) is 0 Å². The lowest BCUT2D eigenvalue weighted by Gasteiger charge is -2.32. The highest BCUT2D eigenvalue weighted by atomic mass is 14.7. The molecule has 0 spiro atoms. The zero-order valence-electron chi connectivity index (χ0n) is 12.7. The Hall–Kier alpha value is -0.0400. The van der Waals surface area contributed by atoms with E-state index in [0.717, 1.165) is 6.42 Å². The van der Waals surface area contributed by atoms with Crippen molar-refractivity contribution in [2.24, 2.45) is 11.7 Å². The SMILES string of the molecule is CCCCCCCCCCC(N)(CC)C(C)C. The molecule has 0 aromatic heterocycles. The summed E-state index contributed by atoms with van der Waals surface area (Å²) < 4.78 is 0. The second-order valence-electron chi connectivity index (χ2n) is 5.97. The minimum atomic E-state index is 0.0855. The molecule has 0 rings (SSSR count). The highest BCUT2D eigenvalue weighted by Crippen LogP contribution is 2.25. The van der Waals surface area contributed by atoms with Gasteiger partial charge in [-0.25, -0.2) is 0 Å². The number of nitrogens with two attached hydrogens (primary N) is 1. The highest BCUT2D eigenvalue weighted by Gasteiger charge is 2.25. The molecular weight excluding hydrogens is 206 g/mol. The Morgan fingerprint density at radius 1 is 0.824 bits per heavy atom. The Balaban J connectivity index is 3.44. The number of unbranched alkanes of at least 4 members (excludes halogenated alkanes) is 7. The molecule has 1 nitrogen and oxygen atoms in total. The maximum atomic E-state index is 6.42. The maximum absolute atomic E-state index is 6.42. The maximum Gasteiger partial charge on any atom is 0.0174 e. The van der Waals surface area contributed by atoms with E-state index in [2.05, 4.69) is 27.7 Å². The van der Waals surface area contributed by atoms with Crippen molar-refractivity contribution in [2.75, 3.05) is 0 Å². The lowest BCUT2D eigenvalue weighted by Crippen LogP contribution is -2.44. The van der Waals surface area contributed by atoms with Gasteiger partial charge in [0.1, 0.15) is 0 Å². The third kappa shape index (κ3) is 7.81. The van der Waals surface area contributed by atoms with Gasteiger partial charge < -0.3 is 5.73 Å². The summed E-state index contributed by atoms with van der Waals surface area (Å²) in [7, 11) is 0. The van der Waals surface area contributed by atoms with E-state index in [-0.39, 0.29) is 5.54 Å². The Bertz CT molecular complexity index is 165. The van der Waals surface area contributed by atoms with Gasteiger partial charge in [0.15, 0.2) is 0 Å². The minimum Gasteiger partial charge on any atom is -0.325 e. The molecule has 0 aromatic rings. The summed E-state index contributed by atoms with van der Waals surface area (Å²) in [6, 6.07) is 0. The zero-order valence-corrected chi connectivity index (χ0v) is 12.7. The van der Waals surface area contributed by atoms with E-state index in [9.17, 15) is 0 Å². The Kier molecular flexibility index (Phi) is 9.91. The van der Waals surface area contributed by atoms with Gasteiger partial charge in [-0.3, -0.25) is 0 Å². The molecule has 0 aliphatic rings. The van der Waals surface area contributed by atoms with Crippen molar-refractivity contribution in [1.82, 2.24) is 0 Å². The van der Waals surface area contributed by atoms with Crippen molar-refractivity contribution < 1.29 is 0 Å². The normalized spacial score (nSPS) is 15.2. The van der Waals surface area contributed by atoms with Gasteiger partial charge in [-0.05, 0) is 18.8 Å². The summed E-state index contributed by atoms with van der Waals surface area (Å²) in [5, 5.41) is 0. The molecule has 2 N–H and O–H groups in total. The summed E-state index contributed by atoms with van der Waals surface area (Å²) in [4.78, 5) is 0. The van der Waals surface area contributed by atoms with E-state index in [1.54, 1.807) is 0 Å². The van der Waals surface area contributed by atoms with Crippen molar-refractivity contribution in [3.63, 3.8) is 0 Å². The molecule has 0 aromatic carbocycles. The predicted octanol–water partition coefficient (Wildman–Crippen LogP) is 5.28. The third-order valence-corrected chi connectivity index (χ3v) is 4.30. The van der Waals surface area contributed by atoms with E-state index in [4.69, 9.17) is 5.73 Å². The van der Waals surface area contributed by atoms with Crippen LogP contribution in [-0.4, -0.2) is 5.54 Å². The molecule has 0 heterocycles. The van der Waals surface area contributed by atoms with E-state index in [1.807, 2.05) is 0 Å². The first-order chi connectivity index (χ1) is 8.06. The van der Waals surface area contributed by atoms with Crippen LogP contribution in [0.15, 0.2) is 0 Å². The first-order valence-corrected chi connectivity index (χ1v) is 7.85. The summed E-state index contributed by atoms with van der Waals surface area (Å²) in [5.74, 6) is 0.608. The van der Waals surface area contributed by atoms with Crippen LogP contribution in [0.4, 0.5) is 0 Å². The molecule has 17 heavy (non-hydrogen) atoms. The largest absolute Gasteiger partial charge is 0.325 e. The van der Waals surface area contributed by atoms with Gasteiger partial charge in [0, 0.05) is 5.54 Å². The topological polar surface area (TPSA) is 26.0 Å². The van der Waals surface area contributed by atoms with Crippen molar-refractivity contribution in [1.29, 1.82) is 0 Å². The lowest BCUT2D eigenvalue weighted by atomic mass is 9.80. The van der Waals surface area contributed by atoms with Gasteiger partial charge in [0.25, 0.3) is 0 Å². The fourth-order valence-electron chi connectivity index (χ4n) is 2.46. The third-order valence-electron chi connectivity index (χ3n) is 4.30. The fraction of sp³-hybridized carbons (Fsp3) is 1.00. The Labute approximate surface area is 110 Å². The van der Waals surface area contributed by atoms with Gasteiger partial charge in [-0.15, -0.1) is 0 Å². The quantitative estimate of drug-likeness (QED) is 0.489. The van der Waals surface area contributed by atoms with Crippen LogP contribution >= 0.6 is 0 Å². The second-order valence-corrected chi connectivity index (χ2v) is 5.97. The molecule has 1 atom stereocenters. The second kappa shape index (κ2) is 9.94. The van der Waals surface area contributed by atoms with Crippen LogP contribution in [0.3, 0.4) is 0 Å². The molecular formula is C16H35N. The van der Waals surface area contributed by atoms with Gasteiger partial charge in [-0.2, -0.15) is 0 Å². The van der Waals surface area contributed by atoms with Gasteiger partial charge in [-0.1, -0.05) is 79.1 Å². The Morgan fingerprint density at radius 2 is 1.29 bits per heavy atom. The van der Waals surface area contributed by atoms with Crippen LogP contribution < -0.4 is 5.73 Å². The average molecular weight is 241 g/mol. The molecule has 0 saturated carbocycles. The first-order valence-electron chi connectivity index (χ1n) is 7.85. The summed E-state index contributed by atoms with van der Waals surface area (Å²) >= 11 is 0. The molecule has 1 unspecified atom stereocenters. The van der Waals surface area contributed by atoms with Crippen LogP contribution in [0, 0.1) is 5.92 Å². The highest BCUT2D eigenvalue weighted by molar-refractivity contribution is 4.85. The molecule has 0 amide bonds. The Morgan fingerprint density at radius 3 is 1.71 bits per heavy atom.